The number of hydrogen-bond acceptors (Lipinski definition) is 7. The van der Waals surface area contributed by atoms with Crippen LogP contribution in [0.5, 0.6) is 0 Å². The molecule has 1 amide bonds. The molecule has 2 aliphatic rings. The van der Waals surface area contributed by atoms with Gasteiger partial charge in [0, 0.05) is 50.6 Å². The van der Waals surface area contributed by atoms with Crippen molar-refractivity contribution in [3.63, 3.8) is 0 Å². The van der Waals surface area contributed by atoms with Gasteiger partial charge in [-0.3, -0.25) is 9.59 Å². The van der Waals surface area contributed by atoms with Crippen LogP contribution in [0.15, 0.2) is 24.7 Å². The number of nitrogens with one attached hydrogen (secondary N) is 3. The van der Waals surface area contributed by atoms with Gasteiger partial charge in [0.05, 0.1) is 16.5 Å². The number of nitrogens with zero attached hydrogens (tertiary/aromatic N) is 4. The van der Waals surface area contributed by atoms with Crippen LogP contribution in [0.25, 0.3) is 11.0 Å². The molecule has 1 aliphatic carbocycles. The molecule has 12 heteroatoms. The molecule has 1 unspecified atom stereocenters. The largest absolute Gasteiger partial charge is 0.367 e. The Bertz CT molecular complexity index is 1320. The van der Waals surface area contributed by atoms with Crippen molar-refractivity contribution in [1.29, 1.82) is 0 Å². The minimum absolute atomic E-state index is 0.0463. The molecule has 1 saturated carbocycles. The Morgan fingerprint density at radius 1 is 1.11 bits per heavy atom. The molecule has 0 spiro atoms. The first-order chi connectivity index (χ1) is 17.7. The van der Waals surface area contributed by atoms with Crippen LogP contribution >= 0.6 is 0 Å². The first kappa shape index (κ1) is 25.0. The number of anilines is 2. The maximum Gasteiger partial charge on any atom is 0.248 e. The molecule has 3 aromatic heterocycles. The van der Waals surface area contributed by atoms with E-state index in [1.165, 1.54) is 24.7 Å². The van der Waals surface area contributed by atoms with Crippen molar-refractivity contribution >= 4 is 34.4 Å². The number of likely N-dealkylation sites (tertiary alicyclic amines) is 1. The van der Waals surface area contributed by atoms with E-state index in [2.05, 4.69) is 30.6 Å². The van der Waals surface area contributed by atoms with Crippen molar-refractivity contribution in [2.45, 2.75) is 63.5 Å². The highest BCUT2D eigenvalue weighted by atomic mass is 19.3. The number of H-pyrrole nitrogens is 1. The van der Waals surface area contributed by atoms with Crippen molar-refractivity contribution < 1.29 is 22.8 Å². The lowest BCUT2D eigenvalue weighted by Gasteiger charge is -2.29. The van der Waals surface area contributed by atoms with Crippen LogP contribution in [-0.2, 0) is 4.79 Å². The van der Waals surface area contributed by atoms with Gasteiger partial charge < -0.3 is 20.5 Å². The summed E-state index contributed by atoms with van der Waals surface area (Å²) in [7, 11) is 0. The molecule has 2 fully saturated rings. The van der Waals surface area contributed by atoms with E-state index in [1.807, 2.05) is 6.92 Å². The Labute approximate surface area is 211 Å². The normalized spacial score (nSPS) is 19.8. The van der Waals surface area contributed by atoms with Crippen LogP contribution in [-0.4, -0.2) is 67.6 Å². The molecule has 0 aromatic carbocycles. The molecule has 37 heavy (non-hydrogen) atoms. The maximum absolute atomic E-state index is 15.0. The van der Waals surface area contributed by atoms with Crippen molar-refractivity contribution in [2.75, 3.05) is 23.7 Å². The summed E-state index contributed by atoms with van der Waals surface area (Å²) in [6.07, 6.45) is 4.06. The molecule has 1 saturated heterocycles. The highest BCUT2D eigenvalue weighted by molar-refractivity contribution is 6.18. The number of halogens is 3. The molecule has 0 radical (unpaired) electrons. The van der Waals surface area contributed by atoms with Gasteiger partial charge >= 0.3 is 0 Å². The van der Waals surface area contributed by atoms with Crippen molar-refractivity contribution in [2.24, 2.45) is 0 Å². The van der Waals surface area contributed by atoms with E-state index in [4.69, 9.17) is 0 Å². The van der Waals surface area contributed by atoms with Crippen molar-refractivity contribution in [3.8, 4) is 0 Å². The third-order valence-electron chi connectivity index (χ3n) is 7.06. The maximum atomic E-state index is 15.0. The predicted molar refractivity (Wildman–Crippen MR) is 131 cm³/mol. The summed E-state index contributed by atoms with van der Waals surface area (Å²) in [5.41, 5.74) is 0.381. The van der Waals surface area contributed by atoms with E-state index < -0.39 is 17.7 Å². The van der Waals surface area contributed by atoms with Crippen LogP contribution < -0.4 is 10.6 Å². The Hall–Kier alpha value is -3.70. The number of aromatic nitrogens is 4. The SMILES string of the molecule is CCC(=O)N1CCC(Nc2ncnc3[nH]cc(C(=O)c4ccc(NC5CCC(F)(F)CC5)nc4F)c23)C1. The number of carbonyl (C=O) groups is 2. The standard InChI is InChI=1S/C25H28F3N7O2/c1-2-19(36)35-10-7-15(12-35)33-24-20-17(11-29-23(20)30-13-31-24)21(37)16-3-4-18(34-22(16)26)32-14-5-8-25(27,28)9-6-14/h3-4,11,13-15H,2,5-10,12H2,1H3,(H,32,34)(H2,29,30,31,33). The summed E-state index contributed by atoms with van der Waals surface area (Å²) in [6, 6.07) is 2.54. The predicted octanol–water partition coefficient (Wildman–Crippen LogP) is 4.14. The average molecular weight is 516 g/mol. The highest BCUT2D eigenvalue weighted by Crippen LogP contribution is 2.34. The molecule has 3 aromatic rings. The van der Waals surface area contributed by atoms with Crippen molar-refractivity contribution in [1.82, 2.24) is 24.8 Å². The van der Waals surface area contributed by atoms with Crippen LogP contribution in [0.1, 0.15) is 61.4 Å². The zero-order valence-electron chi connectivity index (χ0n) is 20.4. The minimum Gasteiger partial charge on any atom is -0.367 e. The molecule has 1 atom stereocenters. The Morgan fingerprint density at radius 3 is 2.62 bits per heavy atom. The second kappa shape index (κ2) is 9.98. The van der Waals surface area contributed by atoms with Gasteiger partial charge in [-0.15, -0.1) is 0 Å². The number of fused-ring (bicyclic) bond motifs is 1. The quantitative estimate of drug-likeness (QED) is 0.320. The Morgan fingerprint density at radius 2 is 1.89 bits per heavy atom. The number of pyridine rings is 1. The number of rotatable bonds is 7. The molecule has 4 heterocycles. The molecule has 9 nitrogen and oxygen atoms in total. The zero-order valence-corrected chi connectivity index (χ0v) is 20.4. The zero-order chi connectivity index (χ0) is 26.2. The fourth-order valence-corrected chi connectivity index (χ4v) is 5.00. The third-order valence-corrected chi connectivity index (χ3v) is 7.06. The third kappa shape index (κ3) is 5.23. The minimum atomic E-state index is -2.66. The van der Waals surface area contributed by atoms with Gasteiger partial charge in [-0.1, -0.05) is 6.92 Å². The van der Waals surface area contributed by atoms with Crippen LogP contribution in [0.4, 0.5) is 24.8 Å². The lowest BCUT2D eigenvalue weighted by Crippen LogP contribution is -2.32. The average Bonchev–Trinajstić information content (AvgIpc) is 3.52. The Kier molecular flexibility index (Phi) is 6.74. The molecule has 0 bridgehead atoms. The van der Waals surface area contributed by atoms with E-state index in [0.717, 1.165) is 6.42 Å². The van der Waals surface area contributed by atoms with E-state index in [-0.39, 0.29) is 60.6 Å². The van der Waals surface area contributed by atoms with Crippen LogP contribution in [0.3, 0.4) is 0 Å². The molecule has 1 aliphatic heterocycles. The van der Waals surface area contributed by atoms with Crippen molar-refractivity contribution in [3.05, 3.63) is 41.7 Å². The summed E-state index contributed by atoms with van der Waals surface area (Å²) < 4.78 is 41.8. The smallest absolute Gasteiger partial charge is 0.248 e. The fourth-order valence-electron chi connectivity index (χ4n) is 5.00. The number of carbonyl (C=O) groups excluding carboxylic acids is 2. The topological polar surface area (TPSA) is 116 Å². The molecular formula is C25H28F3N7O2. The van der Waals surface area contributed by atoms with Gasteiger partial charge in [-0.25, -0.2) is 23.7 Å². The first-order valence-electron chi connectivity index (χ1n) is 12.5. The van der Waals surface area contributed by atoms with E-state index in [9.17, 15) is 22.8 Å². The number of ketones is 1. The summed E-state index contributed by atoms with van der Waals surface area (Å²) in [4.78, 5) is 42.5. The monoisotopic (exact) mass is 515 g/mol. The summed E-state index contributed by atoms with van der Waals surface area (Å²) in [5, 5.41) is 6.73. The second-order valence-electron chi connectivity index (χ2n) is 9.61. The van der Waals surface area contributed by atoms with Gasteiger partial charge in [0.1, 0.15) is 23.6 Å². The molecule has 3 N–H and O–H groups in total. The van der Waals surface area contributed by atoms with Gasteiger partial charge in [0.25, 0.3) is 0 Å². The van der Waals surface area contributed by atoms with Gasteiger partial charge in [-0.05, 0) is 31.4 Å². The first-order valence-corrected chi connectivity index (χ1v) is 12.5. The van der Waals surface area contributed by atoms with Gasteiger partial charge in [0.15, 0.2) is 5.78 Å². The molecular weight excluding hydrogens is 487 g/mol. The lowest BCUT2D eigenvalue weighted by molar-refractivity contribution is -0.129. The molecule has 196 valence electrons. The number of alkyl halides is 2. The van der Waals surface area contributed by atoms with E-state index in [0.29, 0.717) is 36.4 Å². The summed E-state index contributed by atoms with van der Waals surface area (Å²) >= 11 is 0. The highest BCUT2D eigenvalue weighted by Gasteiger charge is 2.35. The van der Waals surface area contributed by atoms with Crippen LogP contribution in [0.2, 0.25) is 0 Å². The number of amides is 1. The van der Waals surface area contributed by atoms with Crippen LogP contribution in [0, 0.1) is 5.95 Å². The van der Waals surface area contributed by atoms with Gasteiger partial charge in [-0.2, -0.15) is 4.39 Å². The number of aromatic amines is 1. The van der Waals surface area contributed by atoms with Gasteiger partial charge in [0.2, 0.25) is 17.8 Å². The number of hydrogen-bond donors (Lipinski definition) is 3. The molecule has 5 rings (SSSR count). The summed E-state index contributed by atoms with van der Waals surface area (Å²) in [5.74, 6) is -3.51. The van der Waals surface area contributed by atoms with E-state index in [1.54, 1.807) is 4.90 Å². The Balaban J connectivity index is 1.34. The lowest BCUT2D eigenvalue weighted by atomic mass is 9.92. The fraction of sp³-hybridized carbons (Fsp3) is 0.480. The summed E-state index contributed by atoms with van der Waals surface area (Å²) in [6.45, 7) is 2.98. The second-order valence-corrected chi connectivity index (χ2v) is 9.61. The van der Waals surface area contributed by atoms with E-state index >= 15 is 0 Å².